The van der Waals surface area contributed by atoms with Crippen molar-refractivity contribution in [2.45, 2.75) is 24.6 Å². The molecule has 1 aliphatic rings. The Morgan fingerprint density at radius 1 is 1.19 bits per heavy atom. The van der Waals surface area contributed by atoms with Gasteiger partial charge in [-0.1, -0.05) is 36.0 Å². The maximum atomic E-state index is 13.0. The Bertz CT molecular complexity index is 1220. The van der Waals surface area contributed by atoms with E-state index < -0.39 is 0 Å². The maximum Gasteiger partial charge on any atom is 0.277 e. The lowest BCUT2D eigenvalue weighted by atomic mass is 10.1. The van der Waals surface area contributed by atoms with Gasteiger partial charge in [-0.3, -0.25) is 4.79 Å². The minimum atomic E-state index is -0.259. The van der Waals surface area contributed by atoms with Crippen molar-refractivity contribution < 1.29 is 13.6 Å². The molecule has 1 atom stereocenters. The summed E-state index contributed by atoms with van der Waals surface area (Å²) in [4.78, 5) is 14.1. The number of carbonyl (C=O) groups excluding carboxylic acids is 1. The summed E-state index contributed by atoms with van der Waals surface area (Å²) in [6.07, 6.45) is 2.23. The molecule has 1 unspecified atom stereocenters. The molecule has 4 aromatic rings. The summed E-state index contributed by atoms with van der Waals surface area (Å²) in [7, 11) is 0. The molecule has 0 bridgehead atoms. The molecule has 1 amide bonds. The summed E-state index contributed by atoms with van der Waals surface area (Å²) in [5, 5.41) is 16.7. The molecule has 7 nitrogen and oxygen atoms in total. The van der Waals surface area contributed by atoms with E-state index in [2.05, 4.69) is 15.3 Å². The summed E-state index contributed by atoms with van der Waals surface area (Å²) < 4.78 is 11.3. The van der Waals surface area contributed by atoms with Gasteiger partial charge >= 0.3 is 0 Å². The largest absolute Gasteiger partial charge is 0.467 e. The Hall–Kier alpha value is -3.17. The van der Waals surface area contributed by atoms with Gasteiger partial charge in [-0.2, -0.15) is 5.10 Å². The number of amides is 1. The molecule has 0 saturated heterocycles. The van der Waals surface area contributed by atoms with E-state index >= 15 is 0 Å². The minimum absolute atomic E-state index is 0.133. The van der Waals surface area contributed by atoms with Crippen molar-refractivity contribution in [3.8, 4) is 11.5 Å². The number of hydrogen-bond acceptors (Lipinski definition) is 8. The van der Waals surface area contributed by atoms with Crippen molar-refractivity contribution in [2.24, 2.45) is 5.10 Å². The predicted molar refractivity (Wildman–Crippen MR) is 119 cm³/mol. The Labute approximate surface area is 186 Å². The summed E-state index contributed by atoms with van der Waals surface area (Å²) in [5.74, 6) is 1.15. The molecule has 5 rings (SSSR count). The number of nitrogens with zero attached hydrogens (tertiary/aromatic N) is 4. The zero-order valence-corrected chi connectivity index (χ0v) is 18.2. The predicted octanol–water partition coefficient (Wildman–Crippen LogP) is 5.17. The van der Waals surface area contributed by atoms with E-state index in [1.54, 1.807) is 17.6 Å². The summed E-state index contributed by atoms with van der Waals surface area (Å²) >= 11 is 2.81. The van der Waals surface area contributed by atoms with Gasteiger partial charge in [-0.15, -0.1) is 21.5 Å². The van der Waals surface area contributed by atoms with Crippen LogP contribution in [0.5, 0.6) is 0 Å². The lowest BCUT2D eigenvalue weighted by Gasteiger charge is -2.19. The van der Waals surface area contributed by atoms with Crippen LogP contribution in [0.15, 0.2) is 79.3 Å². The van der Waals surface area contributed by atoms with Crippen molar-refractivity contribution in [1.29, 1.82) is 0 Å². The number of hydrogen-bond donors (Lipinski definition) is 0. The van der Waals surface area contributed by atoms with Crippen LogP contribution in [-0.2, 0) is 4.79 Å². The summed E-state index contributed by atoms with van der Waals surface area (Å²) in [6.45, 7) is 1.99. The van der Waals surface area contributed by atoms with Crippen LogP contribution in [0.2, 0.25) is 0 Å². The Kier molecular flexibility index (Phi) is 5.44. The van der Waals surface area contributed by atoms with Crippen LogP contribution >= 0.6 is 23.1 Å². The van der Waals surface area contributed by atoms with Crippen LogP contribution in [0.1, 0.15) is 28.7 Å². The first-order valence-corrected chi connectivity index (χ1v) is 11.5. The van der Waals surface area contributed by atoms with Gasteiger partial charge in [-0.05, 0) is 42.1 Å². The lowest BCUT2D eigenvalue weighted by Crippen LogP contribution is -2.28. The fraction of sp³-hybridized carbons (Fsp3) is 0.182. The van der Waals surface area contributed by atoms with E-state index in [-0.39, 0.29) is 17.7 Å². The van der Waals surface area contributed by atoms with E-state index in [9.17, 15) is 4.79 Å². The molecule has 9 heteroatoms. The molecule has 0 radical (unpaired) electrons. The molecular formula is C22H18N4O3S2. The molecule has 0 spiro atoms. The molecular weight excluding hydrogens is 432 g/mol. The van der Waals surface area contributed by atoms with Crippen molar-refractivity contribution in [2.75, 3.05) is 5.75 Å². The average molecular weight is 451 g/mol. The molecule has 0 fully saturated rings. The van der Waals surface area contributed by atoms with Crippen molar-refractivity contribution in [3.63, 3.8) is 0 Å². The number of furan rings is 1. The van der Waals surface area contributed by atoms with Gasteiger partial charge in [-0.25, -0.2) is 5.01 Å². The average Bonchev–Trinajstić information content (AvgIpc) is 3.57. The zero-order valence-electron chi connectivity index (χ0n) is 16.6. The second-order valence-corrected chi connectivity index (χ2v) is 8.85. The van der Waals surface area contributed by atoms with Gasteiger partial charge in [0.25, 0.3) is 11.1 Å². The second-order valence-electron chi connectivity index (χ2n) is 6.97. The van der Waals surface area contributed by atoms with E-state index in [0.717, 1.165) is 21.7 Å². The van der Waals surface area contributed by atoms with Gasteiger partial charge in [0.15, 0.2) is 0 Å². The molecule has 4 heterocycles. The molecule has 156 valence electrons. The summed E-state index contributed by atoms with van der Waals surface area (Å²) in [6, 6.07) is 15.2. The highest BCUT2D eigenvalue weighted by molar-refractivity contribution is 7.99. The first kappa shape index (κ1) is 19.8. The fourth-order valence-corrected chi connectivity index (χ4v) is 4.75. The number of carbonyl (C=O) groups is 1. The highest BCUT2D eigenvalue weighted by atomic mass is 32.2. The summed E-state index contributed by atoms with van der Waals surface area (Å²) in [5.41, 5.74) is 2.82. The van der Waals surface area contributed by atoms with E-state index in [1.807, 2.05) is 60.8 Å². The van der Waals surface area contributed by atoms with E-state index in [0.29, 0.717) is 23.3 Å². The number of rotatable bonds is 6. The van der Waals surface area contributed by atoms with Crippen LogP contribution in [0, 0.1) is 6.92 Å². The number of thiophene rings is 1. The minimum Gasteiger partial charge on any atom is -0.467 e. The van der Waals surface area contributed by atoms with Crippen molar-refractivity contribution in [3.05, 3.63) is 76.4 Å². The van der Waals surface area contributed by atoms with Crippen LogP contribution in [0.3, 0.4) is 0 Å². The van der Waals surface area contributed by atoms with Gasteiger partial charge in [0, 0.05) is 12.0 Å². The Morgan fingerprint density at radius 3 is 2.87 bits per heavy atom. The lowest BCUT2D eigenvalue weighted by molar-refractivity contribution is -0.130. The number of aromatic nitrogens is 2. The number of hydrazone groups is 1. The molecule has 3 aromatic heterocycles. The highest BCUT2D eigenvalue weighted by Gasteiger charge is 2.35. The Balaban J connectivity index is 1.31. The quantitative estimate of drug-likeness (QED) is 0.377. The number of thioether (sulfide) groups is 1. The van der Waals surface area contributed by atoms with E-state index in [4.69, 9.17) is 8.83 Å². The third kappa shape index (κ3) is 4.06. The molecule has 0 saturated carbocycles. The molecule has 0 aliphatic carbocycles. The van der Waals surface area contributed by atoms with Gasteiger partial charge in [0.05, 0.1) is 22.6 Å². The second kappa shape index (κ2) is 8.52. The fourth-order valence-electron chi connectivity index (χ4n) is 3.41. The van der Waals surface area contributed by atoms with Gasteiger partial charge in [0.1, 0.15) is 11.8 Å². The number of benzene rings is 1. The third-order valence-corrected chi connectivity index (χ3v) is 6.67. The van der Waals surface area contributed by atoms with Crippen LogP contribution in [0.4, 0.5) is 0 Å². The maximum absolute atomic E-state index is 13.0. The van der Waals surface area contributed by atoms with Crippen LogP contribution in [-0.4, -0.2) is 32.6 Å². The molecule has 0 N–H and O–H groups in total. The smallest absolute Gasteiger partial charge is 0.277 e. The number of aryl methyl sites for hydroxylation is 1. The topological polar surface area (TPSA) is 84.7 Å². The monoisotopic (exact) mass is 450 g/mol. The molecule has 1 aromatic carbocycles. The SMILES string of the molecule is Cc1ccccc1-c1nnc(SCC(=O)N2N=C(c3cccs3)CC2c2ccco2)o1. The van der Waals surface area contributed by atoms with Gasteiger partial charge < -0.3 is 8.83 Å². The van der Waals surface area contributed by atoms with Crippen LogP contribution < -0.4 is 0 Å². The Morgan fingerprint density at radius 2 is 2.10 bits per heavy atom. The highest BCUT2D eigenvalue weighted by Crippen LogP contribution is 2.35. The van der Waals surface area contributed by atoms with Crippen LogP contribution in [0.25, 0.3) is 11.5 Å². The zero-order chi connectivity index (χ0) is 21.2. The first-order chi connectivity index (χ1) is 15.2. The first-order valence-electron chi connectivity index (χ1n) is 9.68. The van der Waals surface area contributed by atoms with E-state index in [1.165, 1.54) is 16.8 Å². The normalized spacial score (nSPS) is 16.0. The standard InChI is InChI=1S/C22H18N4O3S2/c1-14-6-2-3-7-15(14)21-23-24-22(29-21)31-13-20(27)26-17(18-8-4-10-28-18)12-16(25-26)19-9-5-11-30-19/h2-11,17H,12-13H2,1H3. The molecule has 31 heavy (non-hydrogen) atoms. The third-order valence-electron chi connectivity index (χ3n) is 4.94. The molecule has 1 aliphatic heterocycles. The van der Waals surface area contributed by atoms with Gasteiger partial charge in [0.2, 0.25) is 5.89 Å². The van der Waals surface area contributed by atoms with Crippen molar-refractivity contribution in [1.82, 2.24) is 15.2 Å². The van der Waals surface area contributed by atoms with Crippen molar-refractivity contribution >= 4 is 34.7 Å².